The molecule has 2 unspecified atom stereocenters. The molecule has 3 saturated heterocycles. The molecule has 7 rings (SSSR count). The van der Waals surface area contributed by atoms with Crippen molar-refractivity contribution in [2.75, 3.05) is 18.9 Å². The lowest BCUT2D eigenvalue weighted by molar-refractivity contribution is -0.0481. The molecule has 248 valence electrons. The molecule has 0 radical (unpaired) electrons. The lowest BCUT2D eigenvalue weighted by Crippen LogP contribution is -2.36. The Bertz CT molecular complexity index is 1970. The molecule has 19 nitrogen and oxygen atoms in total. The van der Waals surface area contributed by atoms with Crippen molar-refractivity contribution in [1.82, 2.24) is 34.1 Å². The van der Waals surface area contributed by atoms with Crippen molar-refractivity contribution >= 4 is 66.1 Å². The second-order valence-electron chi connectivity index (χ2n) is 10.5. The second kappa shape index (κ2) is 11.9. The number of aliphatic hydroxyl groups excluding tert-OH is 2. The standard InChI is InChI=1S/C22H25FN8O11P2S2/c23-8-3-30(18-11(8)20(34)28-6-26-18)21-14(33)15-9(39-21)1-2-37-43(35,45)42-16-13(32)10(4-38-44(36,46)41-15)40-22(16)31-7-29-12-17(24)25-5-27-19(12)31/h3,5-7,9-10,13-16,21-22,32-33H,1-2,4H2,(H,35,45)(H,36,46)(H2,24,25,27)(H,26,28,34)/t9-,10-,13-,14-,15-,16-,21-,22-,43?,44?/m1/s1. The first-order valence-electron chi connectivity index (χ1n) is 13.5. The maximum Gasteiger partial charge on any atom is 0.386 e. The summed E-state index contributed by atoms with van der Waals surface area (Å²) in [5, 5.41) is 22.1. The van der Waals surface area contributed by atoms with Gasteiger partial charge in [0.05, 0.1) is 32.0 Å². The minimum Gasteiger partial charge on any atom is -0.387 e. The first kappa shape index (κ1) is 32.1. The smallest absolute Gasteiger partial charge is 0.386 e. The van der Waals surface area contributed by atoms with Crippen molar-refractivity contribution in [3.05, 3.63) is 41.3 Å². The van der Waals surface area contributed by atoms with Gasteiger partial charge in [0.15, 0.2) is 35.4 Å². The predicted molar refractivity (Wildman–Crippen MR) is 159 cm³/mol. The Hall–Kier alpha value is -2.46. The Morgan fingerprint density at radius 3 is 2.50 bits per heavy atom. The molecule has 4 aromatic heterocycles. The molecule has 5 N–H and O–H groups in total. The van der Waals surface area contributed by atoms with Crippen LogP contribution in [-0.4, -0.2) is 94.1 Å². The fraction of sp³-hybridized carbons (Fsp3) is 0.500. The number of hydrogen-bond acceptors (Lipinski definition) is 16. The number of aromatic amines is 1. The van der Waals surface area contributed by atoms with Gasteiger partial charge in [-0.1, -0.05) is 24.5 Å². The molecular formula is C22H25FN8O11P2S2. The number of rotatable bonds is 2. The molecular weight excluding hydrogens is 697 g/mol. The number of hydrogen-bond donors (Lipinski definition) is 6. The number of nitrogen functional groups attached to an aromatic ring is 1. The summed E-state index contributed by atoms with van der Waals surface area (Å²) in [7, 11) is 0. The zero-order valence-electron chi connectivity index (χ0n) is 23.0. The van der Waals surface area contributed by atoms with Crippen molar-refractivity contribution in [3.8, 4) is 0 Å². The van der Waals surface area contributed by atoms with Gasteiger partial charge >= 0.3 is 13.6 Å². The Morgan fingerprint density at radius 2 is 1.70 bits per heavy atom. The van der Waals surface area contributed by atoms with Gasteiger partial charge in [-0.2, -0.15) is 0 Å². The van der Waals surface area contributed by atoms with E-state index in [-0.39, 0.29) is 41.0 Å². The SMILES string of the molecule is Nc1ncnc2c1ncn2[C@@H]1O[C@@H]2COP(=O)(S)O[C@H]3[C@@H](O)[C@H](n4cc(F)c5c(=O)[nH]cnc54)O[C@@H]3CCOP(=O)(S)O[C@@H]1[C@@H]2O. The number of ether oxygens (including phenoxy) is 2. The summed E-state index contributed by atoms with van der Waals surface area (Å²) in [6.45, 7) is -9.56. The number of anilines is 1. The van der Waals surface area contributed by atoms with Gasteiger partial charge in [-0.25, -0.2) is 33.5 Å². The van der Waals surface area contributed by atoms with Crippen LogP contribution in [-0.2, 0) is 36.7 Å². The summed E-state index contributed by atoms with van der Waals surface area (Å²) < 4.78 is 78.2. The Morgan fingerprint density at radius 1 is 0.957 bits per heavy atom. The summed E-state index contributed by atoms with van der Waals surface area (Å²) in [5.41, 5.74) is 5.43. The van der Waals surface area contributed by atoms with Crippen molar-refractivity contribution in [2.24, 2.45) is 0 Å². The maximum atomic E-state index is 14.7. The number of thiol groups is 2. The Kier molecular flexibility index (Phi) is 8.31. The first-order valence-corrected chi connectivity index (χ1v) is 18.9. The van der Waals surface area contributed by atoms with E-state index in [4.69, 9.17) is 33.3 Å². The van der Waals surface area contributed by atoms with Crippen LogP contribution in [0.1, 0.15) is 18.9 Å². The minimum absolute atomic E-state index is 0.0756. The highest BCUT2D eigenvalue weighted by Crippen LogP contribution is 2.59. The van der Waals surface area contributed by atoms with Gasteiger partial charge in [0.25, 0.3) is 5.56 Å². The van der Waals surface area contributed by atoms with Crippen LogP contribution < -0.4 is 11.3 Å². The number of H-pyrrole nitrogens is 1. The quantitative estimate of drug-likeness (QED) is 0.125. The van der Waals surface area contributed by atoms with Gasteiger partial charge in [0.2, 0.25) is 0 Å². The average Bonchev–Trinajstić information content (AvgIpc) is 3.73. The van der Waals surface area contributed by atoms with E-state index < -0.39 is 80.7 Å². The van der Waals surface area contributed by atoms with Crippen LogP contribution in [0, 0.1) is 5.82 Å². The molecule has 46 heavy (non-hydrogen) atoms. The highest BCUT2D eigenvalue weighted by molar-refractivity contribution is 8.44. The van der Waals surface area contributed by atoms with Crippen LogP contribution in [0.25, 0.3) is 22.2 Å². The molecule has 0 aromatic carbocycles. The molecule has 3 aliphatic heterocycles. The molecule has 0 saturated carbocycles. The normalized spacial score (nSPS) is 37.4. The molecule has 0 spiro atoms. The summed E-state index contributed by atoms with van der Waals surface area (Å²) in [6, 6.07) is 0. The first-order chi connectivity index (χ1) is 21.8. The van der Waals surface area contributed by atoms with Crippen LogP contribution in [0.4, 0.5) is 10.2 Å². The molecule has 0 amide bonds. The lowest BCUT2D eigenvalue weighted by atomic mass is 10.1. The van der Waals surface area contributed by atoms with Gasteiger partial charge in [-0.15, -0.1) is 0 Å². The van der Waals surface area contributed by atoms with E-state index in [0.717, 1.165) is 17.1 Å². The van der Waals surface area contributed by atoms with E-state index >= 15 is 0 Å². The largest absolute Gasteiger partial charge is 0.387 e. The van der Waals surface area contributed by atoms with E-state index in [1.54, 1.807) is 0 Å². The molecule has 0 aliphatic carbocycles. The molecule has 3 fully saturated rings. The topological polar surface area (TPSA) is 250 Å². The number of aromatic nitrogens is 7. The van der Waals surface area contributed by atoms with Gasteiger partial charge in [-0.05, 0) is 0 Å². The van der Waals surface area contributed by atoms with Crippen LogP contribution in [0.3, 0.4) is 0 Å². The van der Waals surface area contributed by atoms with Gasteiger partial charge in [-0.3, -0.25) is 22.9 Å². The number of aliphatic hydroxyl groups is 2. The van der Waals surface area contributed by atoms with E-state index in [9.17, 15) is 28.5 Å². The zero-order chi connectivity index (χ0) is 32.5. The van der Waals surface area contributed by atoms with Gasteiger partial charge < -0.3 is 39.5 Å². The zero-order valence-corrected chi connectivity index (χ0v) is 26.6. The van der Waals surface area contributed by atoms with E-state index in [0.29, 0.717) is 0 Å². The maximum absolute atomic E-state index is 14.7. The highest BCUT2D eigenvalue weighted by Gasteiger charge is 2.52. The van der Waals surface area contributed by atoms with E-state index in [2.05, 4.69) is 49.4 Å². The summed E-state index contributed by atoms with van der Waals surface area (Å²) >= 11 is 8.13. The molecule has 3 aliphatic rings. The van der Waals surface area contributed by atoms with Gasteiger partial charge in [0.1, 0.15) is 47.8 Å². The number of halogens is 1. The number of fused-ring (bicyclic) bond motifs is 5. The molecule has 24 heteroatoms. The van der Waals surface area contributed by atoms with Crippen LogP contribution in [0.5, 0.6) is 0 Å². The fourth-order valence-corrected chi connectivity index (χ4v) is 8.62. The second-order valence-corrected chi connectivity index (χ2v) is 16.3. The molecule has 10 atom stereocenters. The fourth-order valence-electron chi connectivity index (χ4n) is 5.63. The van der Waals surface area contributed by atoms with Gasteiger partial charge in [0, 0.05) is 12.6 Å². The predicted octanol–water partition coefficient (Wildman–Crippen LogP) is 1.09. The molecule has 2 bridgehead atoms. The van der Waals surface area contributed by atoms with Crippen molar-refractivity contribution in [2.45, 2.75) is 55.5 Å². The third-order valence-corrected chi connectivity index (χ3v) is 11.0. The van der Waals surface area contributed by atoms with E-state index in [1.165, 1.54) is 17.2 Å². The summed E-state index contributed by atoms with van der Waals surface area (Å²) in [5.74, 6) is -0.850. The van der Waals surface area contributed by atoms with Crippen molar-refractivity contribution in [1.29, 1.82) is 0 Å². The Labute approximate surface area is 266 Å². The monoisotopic (exact) mass is 722 g/mol. The number of nitrogens with two attached hydrogens (primary N) is 1. The third kappa shape index (κ3) is 5.69. The van der Waals surface area contributed by atoms with E-state index in [1.807, 2.05) is 0 Å². The Balaban J connectivity index is 1.18. The molecule has 4 aromatic rings. The summed E-state index contributed by atoms with van der Waals surface area (Å²) in [4.78, 5) is 30.7. The highest BCUT2D eigenvalue weighted by atomic mass is 32.7. The van der Waals surface area contributed by atoms with Crippen LogP contribution in [0.2, 0.25) is 0 Å². The third-order valence-electron chi connectivity index (χ3n) is 7.70. The van der Waals surface area contributed by atoms with Crippen LogP contribution >= 0.6 is 38.1 Å². The number of nitrogens with zero attached hydrogens (tertiary/aromatic N) is 6. The molecule has 7 heterocycles. The number of imidazole rings is 1. The number of nitrogens with one attached hydrogen (secondary N) is 1. The minimum atomic E-state index is -4.35. The average molecular weight is 723 g/mol. The van der Waals surface area contributed by atoms with Crippen LogP contribution in [0.15, 0.2) is 30.0 Å². The lowest BCUT2D eigenvalue weighted by Gasteiger charge is -2.27. The summed E-state index contributed by atoms with van der Waals surface area (Å²) in [6.07, 6.45) is -6.71. The van der Waals surface area contributed by atoms with Crippen molar-refractivity contribution < 1.29 is 51.3 Å². The van der Waals surface area contributed by atoms with Crippen molar-refractivity contribution in [3.63, 3.8) is 0 Å².